The largest absolute Gasteiger partial charge is 0.398 e. The van der Waals surface area contributed by atoms with Crippen molar-refractivity contribution in [2.75, 3.05) is 0 Å². The molecule has 2 aliphatic rings. The van der Waals surface area contributed by atoms with E-state index in [-0.39, 0.29) is 0 Å². The van der Waals surface area contributed by atoms with Crippen molar-refractivity contribution in [3.8, 4) is 0 Å². The molecule has 1 atom stereocenters. The maximum Gasteiger partial charge on any atom is 0.245 e. The molecule has 0 spiro atoms. The van der Waals surface area contributed by atoms with Crippen molar-refractivity contribution in [2.24, 2.45) is 9.39 Å². The number of nitrogens with zero attached hydrogens (tertiary/aromatic N) is 2. The first-order chi connectivity index (χ1) is 6.59. The molecule has 0 saturated carbocycles. The topological polar surface area (TPSA) is 34.0 Å². The molecule has 0 aromatic heterocycles. The van der Waals surface area contributed by atoms with Crippen LogP contribution in [0.2, 0.25) is 0 Å². The van der Waals surface area contributed by atoms with E-state index < -0.39 is 9.80 Å². The van der Waals surface area contributed by atoms with E-state index >= 15 is 0 Å². The zero-order valence-electron chi connectivity index (χ0n) is 6.13. The van der Waals surface area contributed by atoms with Gasteiger partial charge in [-0.3, -0.25) is 0 Å². The zero-order valence-corrected chi connectivity index (χ0v) is 13.3. The van der Waals surface area contributed by atoms with Gasteiger partial charge in [-0.2, -0.15) is 9.39 Å². The third kappa shape index (κ3) is 2.15. The Hall–Kier alpha value is 1.18. The van der Waals surface area contributed by atoms with Crippen molar-refractivity contribution >= 4 is 96.2 Å². The molecule has 0 amide bonds. The average Bonchev–Trinajstić information content (AvgIpc) is 2.67. The van der Waals surface area contributed by atoms with Gasteiger partial charge in [-0.25, -0.2) is 0 Å². The fraction of sp³-hybridized carbons (Fsp3) is 0. The van der Waals surface area contributed by atoms with Crippen LogP contribution in [0.3, 0.4) is 0 Å². The van der Waals surface area contributed by atoms with Crippen molar-refractivity contribution < 1.29 is 4.18 Å². The smallest absolute Gasteiger partial charge is 0.245 e. The highest BCUT2D eigenvalue weighted by atomic mass is 79.9. The predicted octanol–water partition coefficient (Wildman–Crippen LogP) is 4.30. The van der Waals surface area contributed by atoms with Crippen LogP contribution in [0.5, 0.6) is 0 Å². The fourth-order valence-electron chi connectivity index (χ4n) is 0.697. The lowest BCUT2D eigenvalue weighted by Crippen LogP contribution is -2.00. The molecule has 76 valence electrons. The van der Waals surface area contributed by atoms with Gasteiger partial charge in [0.05, 0.1) is 14.4 Å². The number of halogens is 4. The molecule has 0 fully saturated rings. The summed E-state index contributed by atoms with van der Waals surface area (Å²) in [5, 5.41) is 0.416. The van der Waals surface area contributed by atoms with Gasteiger partial charge in [-0.1, -0.05) is 11.6 Å². The minimum Gasteiger partial charge on any atom is -0.398 e. The molecule has 0 radical (unpaired) electrons. The van der Waals surface area contributed by atoms with Gasteiger partial charge in [0, 0.05) is 0 Å². The molecule has 9 heteroatoms. The number of aliphatic imine (C=N–C) groups is 1. The van der Waals surface area contributed by atoms with Crippen molar-refractivity contribution in [3.63, 3.8) is 0 Å². The summed E-state index contributed by atoms with van der Waals surface area (Å²) in [5.41, 5.74) is 0. The Morgan fingerprint density at radius 2 is 2.14 bits per heavy atom. The summed E-state index contributed by atoms with van der Waals surface area (Å²) in [6.07, 6.45) is 0. The van der Waals surface area contributed by atoms with Crippen LogP contribution in [-0.4, -0.2) is 16.1 Å². The maximum absolute atomic E-state index is 5.82. The summed E-state index contributed by atoms with van der Waals surface area (Å²) in [4.78, 5) is 4.93. The minimum absolute atomic E-state index is 0.416. The molecule has 0 bridgehead atoms. The molecule has 0 N–H and O–H groups in total. The summed E-state index contributed by atoms with van der Waals surface area (Å²) in [5.74, 6) is 0.507. The van der Waals surface area contributed by atoms with Crippen molar-refractivity contribution in [1.82, 2.24) is 0 Å². The normalized spacial score (nSPS) is 24.0. The van der Waals surface area contributed by atoms with Crippen LogP contribution in [0.25, 0.3) is 0 Å². The van der Waals surface area contributed by atoms with Crippen LogP contribution < -0.4 is 0 Å². The second-order valence-corrected chi connectivity index (χ2v) is 8.58. The molecular weight excluding hydrogens is 443 g/mol. The Morgan fingerprint density at radius 3 is 2.71 bits per heavy atom. The summed E-state index contributed by atoms with van der Waals surface area (Å²) in [6.45, 7) is 0. The van der Waals surface area contributed by atoms with E-state index in [4.69, 9.17) is 15.8 Å². The molecule has 14 heavy (non-hydrogen) atoms. The second kappa shape index (κ2) is 4.58. The molecule has 0 saturated heterocycles. The lowest BCUT2D eigenvalue weighted by molar-refractivity contribution is 0.665. The van der Waals surface area contributed by atoms with Crippen molar-refractivity contribution in [1.29, 1.82) is 0 Å². The van der Waals surface area contributed by atoms with Crippen LogP contribution >= 0.6 is 80.2 Å². The molecule has 2 aliphatic heterocycles. The van der Waals surface area contributed by atoms with Crippen LogP contribution in [-0.2, 0) is 4.18 Å². The van der Waals surface area contributed by atoms with Gasteiger partial charge in [0.15, 0.2) is 10.2 Å². The quantitative estimate of drug-likeness (QED) is 0.344. The van der Waals surface area contributed by atoms with Gasteiger partial charge in [-0.15, -0.1) is 0 Å². The van der Waals surface area contributed by atoms with Crippen molar-refractivity contribution in [2.45, 2.75) is 0 Å². The molecule has 2 rings (SSSR count). The Balaban J connectivity index is 2.29. The Labute approximate surface area is 116 Å². The second-order valence-electron chi connectivity index (χ2n) is 2.07. The highest BCUT2D eigenvalue weighted by molar-refractivity contribution is 9.29. The lowest BCUT2D eigenvalue weighted by atomic mass is 10.6. The number of hydrogen-bond acceptors (Lipinski definition) is 4. The molecule has 2 heterocycles. The monoisotopic (exact) mass is 440 g/mol. The highest BCUT2D eigenvalue weighted by Gasteiger charge is 2.29. The molecule has 0 aromatic carbocycles. The van der Waals surface area contributed by atoms with E-state index in [9.17, 15) is 0 Å². The molecular formula is C5Br3ClN2OS2. The zero-order chi connectivity index (χ0) is 10.3. The first kappa shape index (κ1) is 11.7. The fourth-order valence-corrected chi connectivity index (χ4v) is 4.26. The van der Waals surface area contributed by atoms with Gasteiger partial charge in [0.2, 0.25) is 5.90 Å². The van der Waals surface area contributed by atoms with Gasteiger partial charge in [-0.05, 0) is 47.8 Å². The molecule has 0 aliphatic carbocycles. The molecule has 3 nitrogen and oxygen atoms in total. The van der Waals surface area contributed by atoms with Crippen LogP contribution in [0.4, 0.5) is 0 Å². The molecule has 1 unspecified atom stereocenters. The predicted molar refractivity (Wildman–Crippen MR) is 75.8 cm³/mol. The number of rotatable bonds is 1. The summed E-state index contributed by atoms with van der Waals surface area (Å²) >= 11 is 15.7. The van der Waals surface area contributed by atoms with Gasteiger partial charge in [0.25, 0.3) is 0 Å². The van der Waals surface area contributed by atoms with Gasteiger partial charge < -0.3 is 4.18 Å². The third-order valence-electron chi connectivity index (χ3n) is 1.23. The Bertz CT molecular complexity index is 427. The van der Waals surface area contributed by atoms with E-state index in [0.29, 0.717) is 16.1 Å². The average molecular weight is 443 g/mol. The van der Waals surface area contributed by atoms with Crippen molar-refractivity contribution in [3.05, 3.63) is 7.87 Å². The first-order valence-corrected chi connectivity index (χ1v) is 8.30. The minimum atomic E-state index is -0.477. The van der Waals surface area contributed by atoms with Gasteiger partial charge in [0.1, 0.15) is 14.3 Å². The van der Waals surface area contributed by atoms with Crippen LogP contribution in [0.1, 0.15) is 0 Å². The summed E-state index contributed by atoms with van der Waals surface area (Å²) in [7, 11) is 0.813. The standard InChI is InChI=1S/C5Br3ClN2OS2/c6-1(2(7)8)4-10-5-3(9)11-13-14(5)12-4. The van der Waals surface area contributed by atoms with E-state index in [0.717, 1.165) is 7.87 Å². The third-order valence-corrected chi connectivity index (χ3v) is 6.91. The van der Waals surface area contributed by atoms with E-state index in [1.165, 1.54) is 11.0 Å². The van der Waals surface area contributed by atoms with E-state index in [2.05, 4.69) is 57.2 Å². The van der Waals surface area contributed by atoms with Gasteiger partial charge >= 0.3 is 0 Å². The lowest BCUT2D eigenvalue weighted by Gasteiger charge is -2.01. The molecule has 0 aromatic rings. The number of hydrogen-bond donors (Lipinski definition) is 0. The SMILES string of the molecule is ClC1=NSS2=C1N=C(C(Br)=C(Br)Br)O2. The summed E-state index contributed by atoms with van der Waals surface area (Å²) < 4.78 is 10.9. The van der Waals surface area contributed by atoms with Crippen LogP contribution in [0.15, 0.2) is 17.3 Å². The van der Waals surface area contributed by atoms with Crippen LogP contribution in [0, 0.1) is 0 Å². The Kier molecular flexibility index (Phi) is 3.82. The first-order valence-electron chi connectivity index (χ1n) is 3.10. The maximum atomic E-state index is 5.82. The van der Waals surface area contributed by atoms with E-state index in [1.807, 2.05) is 0 Å². The highest BCUT2D eigenvalue weighted by Crippen LogP contribution is 2.46. The Morgan fingerprint density at radius 1 is 1.43 bits per heavy atom. The summed E-state index contributed by atoms with van der Waals surface area (Å²) in [6, 6.07) is 0. The van der Waals surface area contributed by atoms with E-state index in [1.54, 1.807) is 0 Å².